The largest absolute Gasteiger partial charge is 0.493 e. The predicted molar refractivity (Wildman–Crippen MR) is 139 cm³/mol. The van der Waals surface area contributed by atoms with E-state index in [2.05, 4.69) is 53.3 Å². The average molecular weight is 473 g/mol. The van der Waals surface area contributed by atoms with Gasteiger partial charge in [-0.3, -0.25) is 9.69 Å². The van der Waals surface area contributed by atoms with Gasteiger partial charge in [0, 0.05) is 30.6 Å². The van der Waals surface area contributed by atoms with Crippen LogP contribution in [0.3, 0.4) is 0 Å². The van der Waals surface area contributed by atoms with Gasteiger partial charge in [-0.25, -0.2) is 0 Å². The maximum absolute atomic E-state index is 12.9. The number of aryl methyl sites for hydroxylation is 3. The first-order chi connectivity index (χ1) is 17.0. The molecular formula is C29H36N4O2. The third kappa shape index (κ3) is 5.22. The minimum absolute atomic E-state index is 0.00993. The van der Waals surface area contributed by atoms with Crippen LogP contribution in [0.5, 0.6) is 5.75 Å². The van der Waals surface area contributed by atoms with Gasteiger partial charge in [-0.15, -0.1) is 0 Å². The summed E-state index contributed by atoms with van der Waals surface area (Å²) in [6.07, 6.45) is 15.2. The molecule has 35 heavy (non-hydrogen) atoms. The van der Waals surface area contributed by atoms with Gasteiger partial charge < -0.3 is 20.3 Å². The molecule has 2 N–H and O–H groups in total. The molecule has 1 fully saturated rings. The Labute approximate surface area is 208 Å². The molecule has 6 nitrogen and oxygen atoms in total. The molecule has 6 heteroatoms. The quantitative estimate of drug-likeness (QED) is 0.556. The van der Waals surface area contributed by atoms with Crippen LogP contribution in [0.1, 0.15) is 36.0 Å². The number of carbonyl (C=O) groups is 1. The second kappa shape index (κ2) is 10.2. The lowest BCUT2D eigenvalue weighted by Gasteiger charge is -2.32. The van der Waals surface area contributed by atoms with Gasteiger partial charge in [0.15, 0.2) is 0 Å². The molecule has 0 aromatic heterocycles. The van der Waals surface area contributed by atoms with Gasteiger partial charge in [-0.1, -0.05) is 23.8 Å². The van der Waals surface area contributed by atoms with E-state index in [0.717, 1.165) is 75.0 Å². The summed E-state index contributed by atoms with van der Waals surface area (Å²) in [6, 6.07) is 4.37. The summed E-state index contributed by atoms with van der Waals surface area (Å²) in [5.74, 6) is 2.62. The number of piperidine rings is 1. The fraction of sp³-hybridized carbons (Fsp3) is 0.414. The first-order valence-electron chi connectivity index (χ1n) is 12.8. The highest BCUT2D eigenvalue weighted by Gasteiger charge is 2.28. The third-order valence-electron chi connectivity index (χ3n) is 7.24. The zero-order valence-corrected chi connectivity index (χ0v) is 21.1. The van der Waals surface area contributed by atoms with Crippen molar-refractivity contribution in [3.05, 3.63) is 88.2 Å². The molecule has 1 aromatic carbocycles. The number of allylic oxidation sites excluding steroid dienone is 4. The highest BCUT2D eigenvalue weighted by Crippen LogP contribution is 2.33. The van der Waals surface area contributed by atoms with E-state index in [9.17, 15) is 4.79 Å². The van der Waals surface area contributed by atoms with E-state index in [1.54, 1.807) is 0 Å². The molecule has 4 aliphatic heterocycles. The third-order valence-corrected chi connectivity index (χ3v) is 7.24. The monoisotopic (exact) mass is 472 g/mol. The lowest BCUT2D eigenvalue weighted by molar-refractivity contribution is -0.117. The van der Waals surface area contributed by atoms with Crippen LogP contribution in [0.15, 0.2) is 71.5 Å². The second-order valence-corrected chi connectivity index (χ2v) is 10.1. The smallest absolute Gasteiger partial charge is 0.251 e. The van der Waals surface area contributed by atoms with Crippen LogP contribution >= 0.6 is 0 Å². The van der Waals surface area contributed by atoms with Crippen molar-refractivity contribution in [2.45, 2.75) is 40.0 Å². The van der Waals surface area contributed by atoms with Crippen LogP contribution in [0.4, 0.5) is 0 Å². The number of rotatable bonds is 8. The van der Waals surface area contributed by atoms with Crippen molar-refractivity contribution in [2.24, 2.45) is 5.92 Å². The van der Waals surface area contributed by atoms with Crippen molar-refractivity contribution in [1.82, 2.24) is 20.4 Å². The summed E-state index contributed by atoms with van der Waals surface area (Å²) in [4.78, 5) is 17.5. The average Bonchev–Trinajstić information content (AvgIpc) is 3.26. The highest BCUT2D eigenvalue weighted by atomic mass is 16.5. The summed E-state index contributed by atoms with van der Waals surface area (Å²) in [5, 5.41) is 6.44. The van der Waals surface area contributed by atoms with E-state index >= 15 is 0 Å². The number of nitrogens with zero attached hydrogens (tertiary/aromatic N) is 2. The van der Waals surface area contributed by atoms with Gasteiger partial charge in [0.05, 0.1) is 12.3 Å². The predicted octanol–water partition coefficient (Wildman–Crippen LogP) is 4.19. The Balaban J connectivity index is 1.02. The van der Waals surface area contributed by atoms with Gasteiger partial charge >= 0.3 is 0 Å². The topological polar surface area (TPSA) is 56.8 Å². The van der Waals surface area contributed by atoms with Crippen LogP contribution in [0.2, 0.25) is 0 Å². The minimum Gasteiger partial charge on any atom is -0.493 e. The van der Waals surface area contributed by atoms with Crippen LogP contribution < -0.4 is 15.4 Å². The van der Waals surface area contributed by atoms with E-state index in [1.165, 1.54) is 16.7 Å². The zero-order valence-electron chi connectivity index (χ0n) is 21.1. The number of ether oxygens (including phenoxy) is 1. The molecule has 1 saturated heterocycles. The number of likely N-dealkylation sites (tertiary alicyclic amines) is 1. The number of benzene rings is 1. The summed E-state index contributed by atoms with van der Waals surface area (Å²) in [6.45, 7) is 11.1. The fourth-order valence-corrected chi connectivity index (χ4v) is 5.46. The molecular weight excluding hydrogens is 436 g/mol. The maximum Gasteiger partial charge on any atom is 0.251 e. The Morgan fingerprint density at radius 3 is 2.66 bits per heavy atom. The normalized spacial score (nSPS) is 19.3. The van der Waals surface area contributed by atoms with Crippen molar-refractivity contribution in [3.8, 4) is 5.75 Å². The number of carbonyl (C=O) groups excluding carboxylic acids is 1. The molecule has 1 amide bonds. The van der Waals surface area contributed by atoms with Crippen molar-refractivity contribution in [1.29, 1.82) is 0 Å². The molecule has 4 heterocycles. The Hall–Kier alpha value is -3.25. The van der Waals surface area contributed by atoms with E-state index < -0.39 is 0 Å². The molecule has 0 bridgehead atoms. The molecule has 0 unspecified atom stereocenters. The van der Waals surface area contributed by atoms with E-state index in [4.69, 9.17) is 4.74 Å². The van der Waals surface area contributed by atoms with Crippen LogP contribution in [0.25, 0.3) is 0 Å². The zero-order chi connectivity index (χ0) is 24.4. The highest BCUT2D eigenvalue weighted by molar-refractivity contribution is 5.97. The Bertz CT molecular complexity index is 1130. The van der Waals surface area contributed by atoms with Crippen molar-refractivity contribution >= 4 is 5.91 Å². The lowest BCUT2D eigenvalue weighted by Crippen LogP contribution is -2.39. The lowest BCUT2D eigenvalue weighted by atomic mass is 9.96. The summed E-state index contributed by atoms with van der Waals surface area (Å²) in [5.41, 5.74) is 6.47. The summed E-state index contributed by atoms with van der Waals surface area (Å²) in [7, 11) is 0. The molecule has 4 aliphatic rings. The minimum atomic E-state index is 0.00993. The van der Waals surface area contributed by atoms with Gasteiger partial charge in [0.25, 0.3) is 5.91 Å². The standard InChI is InChI=1S/C29H36N4O2/c1-20-14-21(2)28(22(3)15-20)35-13-5-10-32-11-8-23(9-12-32)18-31-29(34)24-16-25-6-4-7-27-30-19-26(17-24)33(25)27/h4,6-7,14-17,19,23,30H,5,8-13,18H2,1-3H3,(H,31,34). The molecule has 5 rings (SSSR count). The first kappa shape index (κ1) is 23.5. The fourth-order valence-electron chi connectivity index (χ4n) is 5.46. The number of nitrogens with one attached hydrogen (secondary N) is 2. The van der Waals surface area contributed by atoms with Crippen LogP contribution in [-0.4, -0.2) is 48.5 Å². The number of amides is 1. The molecule has 184 valence electrons. The van der Waals surface area contributed by atoms with E-state index in [0.29, 0.717) is 11.5 Å². The molecule has 0 aliphatic carbocycles. The maximum atomic E-state index is 12.9. The Kier molecular flexibility index (Phi) is 6.82. The van der Waals surface area contributed by atoms with Gasteiger partial charge in [0.1, 0.15) is 11.6 Å². The van der Waals surface area contributed by atoms with Gasteiger partial charge in [0.2, 0.25) is 0 Å². The van der Waals surface area contributed by atoms with Crippen LogP contribution in [0, 0.1) is 26.7 Å². The Morgan fingerprint density at radius 2 is 1.89 bits per heavy atom. The summed E-state index contributed by atoms with van der Waals surface area (Å²) >= 11 is 0. The van der Waals surface area contributed by atoms with E-state index in [-0.39, 0.29) is 5.91 Å². The first-order valence-corrected chi connectivity index (χ1v) is 12.8. The second-order valence-electron chi connectivity index (χ2n) is 10.1. The molecule has 0 saturated carbocycles. The molecule has 1 aromatic rings. The number of hydrogen-bond acceptors (Lipinski definition) is 5. The van der Waals surface area contributed by atoms with Crippen LogP contribution in [-0.2, 0) is 4.79 Å². The van der Waals surface area contributed by atoms with E-state index in [1.807, 2.05) is 36.6 Å². The van der Waals surface area contributed by atoms with Gasteiger partial charge in [-0.05, 0) is 94.5 Å². The van der Waals surface area contributed by atoms with Crippen molar-refractivity contribution in [2.75, 3.05) is 32.8 Å². The van der Waals surface area contributed by atoms with Gasteiger partial charge in [-0.2, -0.15) is 0 Å². The molecule has 0 atom stereocenters. The van der Waals surface area contributed by atoms with Crippen molar-refractivity contribution < 1.29 is 9.53 Å². The Morgan fingerprint density at radius 1 is 1.11 bits per heavy atom. The number of hydrogen-bond donors (Lipinski definition) is 2. The van der Waals surface area contributed by atoms with Crippen molar-refractivity contribution in [3.63, 3.8) is 0 Å². The summed E-state index contributed by atoms with van der Waals surface area (Å²) < 4.78 is 6.11. The molecule has 0 radical (unpaired) electrons. The molecule has 0 spiro atoms. The SMILES string of the molecule is Cc1cc(C)c(OCCCN2CCC(CNC(=O)C3=CC4=CNC5=CC=CC(=C3)N45)CC2)c(C)c1.